The van der Waals surface area contributed by atoms with Gasteiger partial charge in [0.1, 0.15) is 6.10 Å². The van der Waals surface area contributed by atoms with Crippen molar-refractivity contribution in [3.63, 3.8) is 0 Å². The van der Waals surface area contributed by atoms with Crippen LogP contribution >= 0.6 is 0 Å². The van der Waals surface area contributed by atoms with E-state index in [1.807, 2.05) is 0 Å². The number of aliphatic hydroxyl groups is 1. The van der Waals surface area contributed by atoms with Crippen molar-refractivity contribution in [1.82, 2.24) is 4.90 Å². The Labute approximate surface area is 325 Å². The third-order valence-electron chi connectivity index (χ3n) is 9.76. The van der Waals surface area contributed by atoms with Gasteiger partial charge < -0.3 is 24.2 Å². The van der Waals surface area contributed by atoms with Gasteiger partial charge in [0.25, 0.3) is 12.9 Å². The second-order valence-electron chi connectivity index (χ2n) is 14.8. The fourth-order valence-corrected chi connectivity index (χ4v) is 6.38. The van der Waals surface area contributed by atoms with Gasteiger partial charge in [0, 0.05) is 20.3 Å². The predicted octanol–water partition coefficient (Wildman–Crippen LogP) is 12.8. The summed E-state index contributed by atoms with van der Waals surface area (Å²) in [6.07, 6.45) is 40.0. The summed E-state index contributed by atoms with van der Waals surface area (Å²) >= 11 is 0. The molecule has 0 amide bonds. The van der Waals surface area contributed by atoms with Crippen LogP contribution in [0.1, 0.15) is 227 Å². The van der Waals surface area contributed by atoms with E-state index in [2.05, 4.69) is 37.3 Å². The topological polar surface area (TPSA) is 85.3 Å². The van der Waals surface area contributed by atoms with Crippen LogP contribution in [0.3, 0.4) is 0 Å². The molecule has 0 spiro atoms. The summed E-state index contributed by atoms with van der Waals surface area (Å²) in [6, 6.07) is 0. The zero-order chi connectivity index (χ0) is 38.9. The summed E-state index contributed by atoms with van der Waals surface area (Å²) < 4.78 is 14.9. The Bertz CT molecular complexity index is 607. The largest absolute Gasteiger partial charge is 0.468 e. The predicted molar refractivity (Wildman–Crippen MR) is 224 cm³/mol. The van der Waals surface area contributed by atoms with Crippen LogP contribution in [0.25, 0.3) is 0 Å². The van der Waals surface area contributed by atoms with Crippen LogP contribution in [0.5, 0.6) is 0 Å². The summed E-state index contributed by atoms with van der Waals surface area (Å²) in [7, 11) is 1.75. The van der Waals surface area contributed by atoms with Gasteiger partial charge in [-0.2, -0.15) is 0 Å². The lowest BCUT2D eigenvalue weighted by Gasteiger charge is -2.21. The van der Waals surface area contributed by atoms with Crippen molar-refractivity contribution in [2.45, 2.75) is 233 Å². The van der Waals surface area contributed by atoms with E-state index in [9.17, 15) is 9.59 Å². The van der Waals surface area contributed by atoms with Crippen LogP contribution in [0.4, 0.5) is 0 Å². The normalized spacial score (nSPS) is 10.8. The number of unbranched alkanes of at least 4 members (excludes halogenated alkanes) is 24. The molecule has 0 saturated heterocycles. The lowest BCUT2D eigenvalue weighted by molar-refractivity contribution is -0.134. The number of nitrogens with zero attached hydrogens (tertiary/aromatic N) is 1. The molecule has 7 nitrogen and oxygen atoms in total. The van der Waals surface area contributed by atoms with E-state index in [0.717, 1.165) is 51.9 Å². The minimum absolute atomic E-state index is 0.171. The van der Waals surface area contributed by atoms with Crippen LogP contribution in [-0.2, 0) is 23.8 Å². The monoisotopic (exact) mass is 744 g/mol. The fourth-order valence-electron chi connectivity index (χ4n) is 6.38. The first-order chi connectivity index (χ1) is 25.6. The summed E-state index contributed by atoms with van der Waals surface area (Å²) in [4.78, 5) is 22.7. The molecule has 0 aromatic carbocycles. The molecular weight excluding hydrogens is 650 g/mol. The van der Waals surface area contributed by atoms with E-state index in [1.165, 1.54) is 173 Å². The Morgan fingerprint density at radius 2 is 0.827 bits per heavy atom. The number of aliphatic hydroxyl groups excluding tert-OH is 1. The minimum Gasteiger partial charge on any atom is -0.468 e. The second-order valence-corrected chi connectivity index (χ2v) is 14.8. The standard InChI is InChI=1S/C18H36O2.C15H33NO2.C12H24O2/c1-3-5-7-9-11-13-15-18(20-17-19)16-14-12-10-8-6-4-2;1-3-4-5-6-7-8-11-16(13-14-17)12-9-10-15-18-2;1-2-3-4-5-6-7-8-9-10-11-14-12-13/h17-18H,3-16H2,1-2H3;17H,3-15H2,1-2H3;12H,2-11H2,1H3. The third kappa shape index (κ3) is 53.2. The number of methoxy groups -OCH3 is 1. The van der Waals surface area contributed by atoms with E-state index < -0.39 is 0 Å². The van der Waals surface area contributed by atoms with Crippen molar-refractivity contribution >= 4 is 12.9 Å². The maximum atomic E-state index is 10.5. The van der Waals surface area contributed by atoms with Gasteiger partial charge in [-0.25, -0.2) is 0 Å². The van der Waals surface area contributed by atoms with E-state index in [4.69, 9.17) is 14.6 Å². The van der Waals surface area contributed by atoms with Gasteiger partial charge >= 0.3 is 0 Å². The van der Waals surface area contributed by atoms with Gasteiger partial charge in [-0.3, -0.25) is 9.59 Å². The molecule has 0 aliphatic carbocycles. The molecule has 0 aromatic heterocycles. The van der Waals surface area contributed by atoms with Crippen molar-refractivity contribution in [2.24, 2.45) is 0 Å². The molecule has 0 aromatic rings. The van der Waals surface area contributed by atoms with Crippen molar-refractivity contribution in [3.05, 3.63) is 0 Å². The van der Waals surface area contributed by atoms with Gasteiger partial charge in [0.15, 0.2) is 0 Å². The molecule has 0 aliphatic rings. The van der Waals surface area contributed by atoms with E-state index in [-0.39, 0.29) is 12.7 Å². The SMILES string of the molecule is CCCCCCCCC(CCCCCCCC)OC=O.CCCCCCCCCCCOC=O.CCCCCCCCN(CCO)CCCCOC. The van der Waals surface area contributed by atoms with Gasteiger partial charge in [0.2, 0.25) is 0 Å². The Hall–Kier alpha value is -1.18. The maximum Gasteiger partial charge on any atom is 0.293 e. The highest BCUT2D eigenvalue weighted by molar-refractivity contribution is 5.37. The molecule has 0 heterocycles. The summed E-state index contributed by atoms with van der Waals surface area (Å²) in [5.41, 5.74) is 0. The summed E-state index contributed by atoms with van der Waals surface area (Å²) in [5.74, 6) is 0. The highest BCUT2D eigenvalue weighted by Crippen LogP contribution is 2.16. The minimum atomic E-state index is 0.171. The number of carbonyl (C=O) groups is 2. The van der Waals surface area contributed by atoms with Crippen LogP contribution in [0.15, 0.2) is 0 Å². The molecule has 0 radical (unpaired) electrons. The summed E-state index contributed by atoms with van der Waals surface area (Å²) in [6.45, 7) is 14.9. The number of hydrogen-bond acceptors (Lipinski definition) is 7. The number of ether oxygens (including phenoxy) is 3. The molecule has 7 heteroatoms. The Morgan fingerprint density at radius 3 is 1.21 bits per heavy atom. The molecule has 0 saturated carbocycles. The molecule has 52 heavy (non-hydrogen) atoms. The average Bonchev–Trinajstić information content (AvgIpc) is 3.15. The van der Waals surface area contributed by atoms with Gasteiger partial charge in [0.05, 0.1) is 13.2 Å². The second kappa shape index (κ2) is 54.2. The van der Waals surface area contributed by atoms with E-state index >= 15 is 0 Å². The van der Waals surface area contributed by atoms with Gasteiger partial charge in [-0.15, -0.1) is 0 Å². The molecule has 0 rings (SSSR count). The van der Waals surface area contributed by atoms with E-state index in [1.54, 1.807) is 7.11 Å². The Kier molecular flexibility index (Phi) is 57.5. The van der Waals surface area contributed by atoms with Crippen molar-refractivity contribution in [1.29, 1.82) is 0 Å². The lowest BCUT2D eigenvalue weighted by Crippen LogP contribution is -2.29. The highest BCUT2D eigenvalue weighted by Gasteiger charge is 2.09. The first-order valence-electron chi connectivity index (χ1n) is 22.6. The molecule has 0 bridgehead atoms. The van der Waals surface area contributed by atoms with Crippen LogP contribution in [-0.4, -0.2) is 75.6 Å². The van der Waals surface area contributed by atoms with Crippen LogP contribution in [0, 0.1) is 0 Å². The van der Waals surface area contributed by atoms with Crippen molar-refractivity contribution < 1.29 is 28.9 Å². The number of rotatable bonds is 41. The Balaban J connectivity index is -0.000000704. The van der Waals surface area contributed by atoms with Gasteiger partial charge in [-0.1, -0.05) is 175 Å². The first kappa shape index (κ1) is 55.2. The maximum absolute atomic E-state index is 10.5. The lowest BCUT2D eigenvalue weighted by atomic mass is 10.0. The van der Waals surface area contributed by atoms with Gasteiger partial charge in [-0.05, 0) is 64.5 Å². The molecule has 0 unspecified atom stereocenters. The Morgan fingerprint density at radius 1 is 0.462 bits per heavy atom. The first-order valence-corrected chi connectivity index (χ1v) is 22.6. The van der Waals surface area contributed by atoms with Crippen LogP contribution in [0.2, 0.25) is 0 Å². The third-order valence-corrected chi connectivity index (χ3v) is 9.76. The highest BCUT2D eigenvalue weighted by atomic mass is 16.5. The smallest absolute Gasteiger partial charge is 0.293 e. The molecule has 0 atom stereocenters. The molecule has 0 aliphatic heterocycles. The van der Waals surface area contributed by atoms with E-state index in [0.29, 0.717) is 19.6 Å². The molecule has 1 N–H and O–H groups in total. The fraction of sp³-hybridized carbons (Fsp3) is 0.956. The quantitative estimate of drug-likeness (QED) is 0.0493. The van der Waals surface area contributed by atoms with Crippen molar-refractivity contribution in [2.75, 3.05) is 46.6 Å². The molecule has 314 valence electrons. The van der Waals surface area contributed by atoms with Crippen molar-refractivity contribution in [3.8, 4) is 0 Å². The summed E-state index contributed by atoms with van der Waals surface area (Å²) in [5, 5.41) is 9.05. The van der Waals surface area contributed by atoms with Crippen LogP contribution < -0.4 is 0 Å². The number of hydrogen-bond donors (Lipinski definition) is 1. The zero-order valence-corrected chi connectivity index (χ0v) is 35.8. The number of carbonyl (C=O) groups excluding carboxylic acids is 2. The average molecular weight is 744 g/mol. The molecule has 0 fully saturated rings. The zero-order valence-electron chi connectivity index (χ0n) is 35.8. The molecular formula is C45H93NO6.